The van der Waals surface area contributed by atoms with Crippen molar-refractivity contribution in [3.63, 3.8) is 0 Å². The molecule has 0 aliphatic rings. The van der Waals surface area contributed by atoms with Gasteiger partial charge in [-0.15, -0.1) is 6.58 Å². The SMILES string of the molecule is C=CCNC(=O)c1cc(Nc2ccc(OC(C)C)cc2)nc(-c2ccccc2)n1. The molecule has 2 aromatic carbocycles. The van der Waals surface area contributed by atoms with Crippen LogP contribution in [0.3, 0.4) is 0 Å². The molecular weight excluding hydrogens is 364 g/mol. The van der Waals surface area contributed by atoms with Gasteiger partial charge in [-0.25, -0.2) is 9.97 Å². The van der Waals surface area contributed by atoms with E-state index >= 15 is 0 Å². The van der Waals surface area contributed by atoms with E-state index in [-0.39, 0.29) is 17.7 Å². The molecule has 1 heterocycles. The molecule has 1 aromatic heterocycles. The molecule has 0 aliphatic carbocycles. The summed E-state index contributed by atoms with van der Waals surface area (Å²) >= 11 is 0. The van der Waals surface area contributed by atoms with Gasteiger partial charge in [0.15, 0.2) is 5.82 Å². The number of benzene rings is 2. The molecule has 3 aromatic rings. The van der Waals surface area contributed by atoms with Crippen LogP contribution in [0.5, 0.6) is 5.75 Å². The zero-order valence-electron chi connectivity index (χ0n) is 16.6. The summed E-state index contributed by atoms with van der Waals surface area (Å²) in [5, 5.41) is 5.99. The van der Waals surface area contributed by atoms with Crippen molar-refractivity contribution in [1.29, 1.82) is 0 Å². The number of rotatable bonds is 8. The topological polar surface area (TPSA) is 76.1 Å². The van der Waals surface area contributed by atoms with Crippen molar-refractivity contribution in [3.05, 3.63) is 79.0 Å². The first kappa shape index (κ1) is 20.1. The largest absolute Gasteiger partial charge is 0.491 e. The molecule has 0 radical (unpaired) electrons. The minimum absolute atomic E-state index is 0.112. The predicted molar refractivity (Wildman–Crippen MR) is 115 cm³/mol. The number of anilines is 2. The highest BCUT2D eigenvalue weighted by Gasteiger charge is 2.13. The summed E-state index contributed by atoms with van der Waals surface area (Å²) < 4.78 is 5.67. The van der Waals surface area contributed by atoms with Gasteiger partial charge in [-0.05, 0) is 38.1 Å². The minimum Gasteiger partial charge on any atom is -0.491 e. The molecule has 0 saturated carbocycles. The van der Waals surface area contributed by atoms with Crippen LogP contribution < -0.4 is 15.4 Å². The molecule has 148 valence electrons. The molecule has 0 aliphatic heterocycles. The Labute approximate surface area is 170 Å². The van der Waals surface area contributed by atoms with Crippen LogP contribution >= 0.6 is 0 Å². The van der Waals surface area contributed by atoms with Gasteiger partial charge in [0.05, 0.1) is 6.10 Å². The maximum Gasteiger partial charge on any atom is 0.270 e. The van der Waals surface area contributed by atoms with Gasteiger partial charge < -0.3 is 15.4 Å². The number of nitrogens with one attached hydrogen (secondary N) is 2. The number of amides is 1. The summed E-state index contributed by atoms with van der Waals surface area (Å²) in [4.78, 5) is 21.5. The second kappa shape index (κ2) is 9.50. The molecule has 0 atom stereocenters. The van der Waals surface area contributed by atoms with Crippen LogP contribution in [0.25, 0.3) is 11.4 Å². The van der Waals surface area contributed by atoms with Crippen LogP contribution in [0.2, 0.25) is 0 Å². The number of carbonyl (C=O) groups excluding carboxylic acids is 1. The fourth-order valence-electron chi connectivity index (χ4n) is 2.64. The summed E-state index contributed by atoms with van der Waals surface area (Å²) in [7, 11) is 0. The first-order valence-corrected chi connectivity index (χ1v) is 9.42. The quantitative estimate of drug-likeness (QED) is 0.552. The minimum atomic E-state index is -0.284. The molecule has 6 heteroatoms. The van der Waals surface area contributed by atoms with Gasteiger partial charge in [0.1, 0.15) is 17.3 Å². The third-order valence-corrected chi connectivity index (χ3v) is 3.90. The molecule has 1 amide bonds. The van der Waals surface area contributed by atoms with Crippen molar-refractivity contribution in [2.75, 3.05) is 11.9 Å². The van der Waals surface area contributed by atoms with Crippen molar-refractivity contribution in [1.82, 2.24) is 15.3 Å². The second-order valence-corrected chi connectivity index (χ2v) is 6.64. The van der Waals surface area contributed by atoms with Crippen LogP contribution in [0.4, 0.5) is 11.5 Å². The molecule has 0 fully saturated rings. The number of carbonyl (C=O) groups is 1. The first-order valence-electron chi connectivity index (χ1n) is 9.42. The van der Waals surface area contributed by atoms with Crippen molar-refractivity contribution < 1.29 is 9.53 Å². The van der Waals surface area contributed by atoms with Gasteiger partial charge in [0.2, 0.25) is 0 Å². The Kier molecular flexibility index (Phi) is 6.58. The van der Waals surface area contributed by atoms with E-state index in [1.165, 1.54) is 0 Å². The maximum atomic E-state index is 12.4. The number of ether oxygens (including phenoxy) is 1. The molecule has 0 spiro atoms. The lowest BCUT2D eigenvalue weighted by atomic mass is 10.2. The third kappa shape index (κ3) is 5.65. The van der Waals surface area contributed by atoms with E-state index in [9.17, 15) is 4.79 Å². The first-order chi connectivity index (χ1) is 14.0. The Bertz CT molecular complexity index is 970. The fraction of sp³-hybridized carbons (Fsp3) is 0.174. The monoisotopic (exact) mass is 388 g/mol. The lowest BCUT2D eigenvalue weighted by Crippen LogP contribution is -2.24. The number of hydrogen-bond donors (Lipinski definition) is 2. The molecule has 0 unspecified atom stereocenters. The van der Waals surface area contributed by atoms with Crippen molar-refractivity contribution in [2.24, 2.45) is 0 Å². The Morgan fingerprint density at radius 2 is 1.83 bits per heavy atom. The summed E-state index contributed by atoms with van der Waals surface area (Å²) in [6, 6.07) is 18.8. The van der Waals surface area contributed by atoms with Gasteiger partial charge in [-0.1, -0.05) is 36.4 Å². The predicted octanol–water partition coefficient (Wildman–Crippen LogP) is 4.59. The Balaban J connectivity index is 1.90. The summed E-state index contributed by atoms with van der Waals surface area (Å²) in [6.07, 6.45) is 1.73. The number of nitrogens with zero attached hydrogens (tertiary/aromatic N) is 2. The fourth-order valence-corrected chi connectivity index (χ4v) is 2.64. The van der Waals surface area contributed by atoms with E-state index in [2.05, 4.69) is 27.2 Å². The average molecular weight is 388 g/mol. The van der Waals surface area contributed by atoms with Crippen LogP contribution in [0.15, 0.2) is 73.3 Å². The standard InChI is InChI=1S/C23H24N4O2/c1-4-14-24-23(28)20-15-21(27-22(26-20)17-8-6-5-7-9-17)25-18-10-12-19(13-11-18)29-16(2)3/h4-13,15-16H,1,14H2,2-3H3,(H,24,28)(H,25,26,27). The highest BCUT2D eigenvalue weighted by molar-refractivity contribution is 5.93. The average Bonchev–Trinajstić information content (AvgIpc) is 2.73. The van der Waals surface area contributed by atoms with Crippen LogP contribution in [0.1, 0.15) is 24.3 Å². The smallest absolute Gasteiger partial charge is 0.270 e. The summed E-state index contributed by atoms with van der Waals surface area (Å²) in [5.74, 6) is 1.51. The molecule has 29 heavy (non-hydrogen) atoms. The van der Waals surface area contributed by atoms with E-state index in [0.29, 0.717) is 18.2 Å². The van der Waals surface area contributed by atoms with Crippen molar-refractivity contribution in [2.45, 2.75) is 20.0 Å². The molecule has 2 N–H and O–H groups in total. The Hall–Kier alpha value is -3.67. The molecule has 6 nitrogen and oxygen atoms in total. The van der Waals surface area contributed by atoms with E-state index in [1.807, 2.05) is 68.4 Å². The van der Waals surface area contributed by atoms with E-state index in [4.69, 9.17) is 4.74 Å². The second-order valence-electron chi connectivity index (χ2n) is 6.64. The normalized spacial score (nSPS) is 10.4. The van der Waals surface area contributed by atoms with Crippen molar-refractivity contribution in [3.8, 4) is 17.1 Å². The van der Waals surface area contributed by atoms with E-state index in [0.717, 1.165) is 17.0 Å². The van der Waals surface area contributed by atoms with Gasteiger partial charge in [0, 0.05) is 23.9 Å². The van der Waals surface area contributed by atoms with Gasteiger partial charge in [-0.3, -0.25) is 4.79 Å². The van der Waals surface area contributed by atoms with Gasteiger partial charge >= 0.3 is 0 Å². The lowest BCUT2D eigenvalue weighted by Gasteiger charge is -2.12. The maximum absolute atomic E-state index is 12.4. The lowest BCUT2D eigenvalue weighted by molar-refractivity contribution is 0.0953. The van der Waals surface area contributed by atoms with Crippen LogP contribution in [-0.4, -0.2) is 28.5 Å². The van der Waals surface area contributed by atoms with Gasteiger partial charge in [-0.2, -0.15) is 0 Å². The number of hydrogen-bond acceptors (Lipinski definition) is 5. The van der Waals surface area contributed by atoms with Crippen molar-refractivity contribution >= 4 is 17.4 Å². The van der Waals surface area contributed by atoms with E-state index in [1.54, 1.807) is 12.1 Å². The van der Waals surface area contributed by atoms with Crippen LogP contribution in [0, 0.1) is 0 Å². The zero-order valence-corrected chi connectivity index (χ0v) is 16.6. The third-order valence-electron chi connectivity index (χ3n) is 3.90. The molecule has 3 rings (SSSR count). The van der Waals surface area contributed by atoms with Gasteiger partial charge in [0.25, 0.3) is 5.91 Å². The summed E-state index contributed by atoms with van der Waals surface area (Å²) in [6.45, 7) is 7.95. The summed E-state index contributed by atoms with van der Waals surface area (Å²) in [5.41, 5.74) is 1.94. The van der Waals surface area contributed by atoms with Crippen LogP contribution in [-0.2, 0) is 0 Å². The highest BCUT2D eigenvalue weighted by Crippen LogP contribution is 2.23. The molecule has 0 bridgehead atoms. The van der Waals surface area contributed by atoms with E-state index < -0.39 is 0 Å². The Morgan fingerprint density at radius 1 is 1.10 bits per heavy atom. The zero-order chi connectivity index (χ0) is 20.6. The molecular formula is C23H24N4O2. The number of aromatic nitrogens is 2. The highest BCUT2D eigenvalue weighted by atomic mass is 16.5. The molecule has 0 saturated heterocycles. The Morgan fingerprint density at radius 3 is 2.48 bits per heavy atom.